The fourth-order valence-electron chi connectivity index (χ4n) is 4.52. The maximum Gasteiger partial charge on any atom is 0.225 e. The first-order valence-electron chi connectivity index (χ1n) is 11.0. The molecule has 6 rings (SSSR count). The number of fused-ring (bicyclic) bond motifs is 1. The lowest BCUT2D eigenvalue weighted by Crippen LogP contribution is -2.36. The minimum atomic E-state index is 0.317. The standard InChI is InChI=1S/C24H22N8/c25-10-18-11-26-6-3-21(18)22-9-17-14-30-32(23(17)15-27-22)20-4-7-31(8-5-20)24-28-12-19(13-29-24)16-1-2-16/h3,6,9,11-16,20H,1-2,4-5,7-8H2. The number of anilines is 1. The zero-order valence-corrected chi connectivity index (χ0v) is 17.6. The third kappa shape index (κ3) is 3.36. The van der Waals surface area contributed by atoms with E-state index < -0.39 is 0 Å². The van der Waals surface area contributed by atoms with Gasteiger partial charge < -0.3 is 4.90 Å². The van der Waals surface area contributed by atoms with E-state index in [0.717, 1.165) is 54.0 Å². The Labute approximate surface area is 185 Å². The number of hydrogen-bond acceptors (Lipinski definition) is 7. The number of aromatic nitrogens is 6. The Hall–Kier alpha value is -3.86. The van der Waals surface area contributed by atoms with Crippen molar-refractivity contribution in [1.29, 1.82) is 5.26 Å². The first-order chi connectivity index (χ1) is 15.8. The van der Waals surface area contributed by atoms with E-state index in [2.05, 4.69) is 40.7 Å². The van der Waals surface area contributed by atoms with E-state index in [1.54, 1.807) is 12.4 Å². The van der Waals surface area contributed by atoms with Crippen LogP contribution in [-0.2, 0) is 0 Å². The van der Waals surface area contributed by atoms with Gasteiger partial charge in [0.2, 0.25) is 5.95 Å². The lowest BCUT2D eigenvalue weighted by atomic mass is 10.0. The number of piperidine rings is 1. The van der Waals surface area contributed by atoms with Crippen molar-refractivity contribution < 1.29 is 0 Å². The highest BCUT2D eigenvalue weighted by Gasteiger charge is 2.26. The van der Waals surface area contributed by atoms with Crippen LogP contribution in [0.25, 0.3) is 22.2 Å². The molecule has 1 saturated heterocycles. The molecule has 8 nitrogen and oxygen atoms in total. The van der Waals surface area contributed by atoms with Crippen LogP contribution in [0.4, 0.5) is 5.95 Å². The van der Waals surface area contributed by atoms with Crippen molar-refractivity contribution >= 4 is 16.9 Å². The van der Waals surface area contributed by atoms with Crippen molar-refractivity contribution in [1.82, 2.24) is 29.7 Å². The summed E-state index contributed by atoms with van der Waals surface area (Å²) in [4.78, 5) is 20.1. The Balaban J connectivity index is 1.19. The van der Waals surface area contributed by atoms with Crippen molar-refractivity contribution in [2.75, 3.05) is 18.0 Å². The molecule has 0 N–H and O–H groups in total. The zero-order chi connectivity index (χ0) is 21.5. The van der Waals surface area contributed by atoms with Crippen molar-refractivity contribution in [3.63, 3.8) is 0 Å². The fraction of sp³-hybridized carbons (Fsp3) is 0.333. The number of nitrogens with zero attached hydrogens (tertiary/aromatic N) is 8. The molecule has 32 heavy (non-hydrogen) atoms. The number of hydrogen-bond donors (Lipinski definition) is 0. The van der Waals surface area contributed by atoms with Gasteiger partial charge in [0.05, 0.1) is 35.2 Å². The van der Waals surface area contributed by atoms with E-state index in [1.807, 2.05) is 36.9 Å². The molecule has 1 aliphatic carbocycles. The summed E-state index contributed by atoms with van der Waals surface area (Å²) in [5.41, 5.74) is 4.36. The zero-order valence-electron chi connectivity index (χ0n) is 17.6. The number of nitriles is 1. The summed E-state index contributed by atoms with van der Waals surface area (Å²) in [6, 6.07) is 6.33. The lowest BCUT2D eigenvalue weighted by Gasteiger charge is -2.32. The predicted octanol–water partition coefficient (Wildman–Crippen LogP) is 3.87. The van der Waals surface area contributed by atoms with Gasteiger partial charge in [0.1, 0.15) is 6.07 Å². The van der Waals surface area contributed by atoms with Crippen molar-refractivity contribution in [3.05, 3.63) is 60.4 Å². The highest BCUT2D eigenvalue weighted by molar-refractivity contribution is 5.83. The fourth-order valence-corrected chi connectivity index (χ4v) is 4.52. The number of rotatable bonds is 4. The van der Waals surface area contributed by atoms with E-state index in [9.17, 15) is 5.26 Å². The van der Waals surface area contributed by atoms with E-state index in [-0.39, 0.29) is 0 Å². The normalized spacial score (nSPS) is 16.9. The highest BCUT2D eigenvalue weighted by atomic mass is 15.3. The molecular formula is C24H22N8. The molecule has 0 aromatic carbocycles. The number of pyridine rings is 2. The van der Waals surface area contributed by atoms with Gasteiger partial charge in [0.25, 0.3) is 0 Å². The van der Waals surface area contributed by atoms with Gasteiger partial charge >= 0.3 is 0 Å². The van der Waals surface area contributed by atoms with E-state index in [0.29, 0.717) is 17.5 Å². The van der Waals surface area contributed by atoms with Crippen LogP contribution in [0, 0.1) is 11.3 Å². The minimum Gasteiger partial charge on any atom is -0.341 e. The van der Waals surface area contributed by atoms with Crippen LogP contribution in [0.1, 0.15) is 48.8 Å². The van der Waals surface area contributed by atoms with Crippen LogP contribution in [0.5, 0.6) is 0 Å². The van der Waals surface area contributed by atoms with Crippen LogP contribution in [0.2, 0.25) is 0 Å². The molecule has 4 aromatic heterocycles. The topological polar surface area (TPSA) is 96.4 Å². The van der Waals surface area contributed by atoms with Gasteiger partial charge in [-0.3, -0.25) is 14.6 Å². The van der Waals surface area contributed by atoms with Crippen LogP contribution >= 0.6 is 0 Å². The Kier molecular flexibility index (Phi) is 4.53. The average Bonchev–Trinajstić information content (AvgIpc) is 3.63. The quantitative estimate of drug-likeness (QED) is 0.492. The third-order valence-electron chi connectivity index (χ3n) is 6.50. The van der Waals surface area contributed by atoms with E-state index >= 15 is 0 Å². The summed E-state index contributed by atoms with van der Waals surface area (Å²) in [6.45, 7) is 1.81. The Morgan fingerprint density at radius 1 is 0.938 bits per heavy atom. The second kappa shape index (κ2) is 7.68. The van der Waals surface area contributed by atoms with Crippen LogP contribution in [0.3, 0.4) is 0 Å². The summed E-state index contributed by atoms with van der Waals surface area (Å²) in [6.07, 6.45) is 15.5. The second-order valence-corrected chi connectivity index (χ2v) is 8.56. The molecular weight excluding hydrogens is 400 g/mol. The smallest absolute Gasteiger partial charge is 0.225 e. The minimum absolute atomic E-state index is 0.317. The Morgan fingerprint density at radius 3 is 2.50 bits per heavy atom. The van der Waals surface area contributed by atoms with Gasteiger partial charge in [0, 0.05) is 48.8 Å². The van der Waals surface area contributed by atoms with Crippen LogP contribution < -0.4 is 4.90 Å². The highest BCUT2D eigenvalue weighted by Crippen LogP contribution is 2.39. The molecule has 0 unspecified atom stereocenters. The maximum atomic E-state index is 9.36. The van der Waals surface area contributed by atoms with Gasteiger partial charge in [-0.1, -0.05) is 0 Å². The molecule has 0 radical (unpaired) electrons. The lowest BCUT2D eigenvalue weighted by molar-refractivity contribution is 0.373. The first kappa shape index (κ1) is 18.9. The average molecular weight is 422 g/mol. The van der Waals surface area contributed by atoms with Gasteiger partial charge in [-0.15, -0.1) is 0 Å². The van der Waals surface area contributed by atoms with Gasteiger partial charge in [-0.25, -0.2) is 9.97 Å². The molecule has 0 spiro atoms. The van der Waals surface area contributed by atoms with E-state index in [1.165, 1.54) is 18.4 Å². The second-order valence-electron chi connectivity index (χ2n) is 8.56. The first-order valence-corrected chi connectivity index (χ1v) is 11.0. The van der Waals surface area contributed by atoms with Crippen LogP contribution in [0.15, 0.2) is 49.3 Å². The molecule has 1 aliphatic heterocycles. The third-order valence-corrected chi connectivity index (χ3v) is 6.50. The van der Waals surface area contributed by atoms with Crippen molar-refractivity contribution in [3.8, 4) is 17.3 Å². The Morgan fingerprint density at radius 2 is 1.75 bits per heavy atom. The van der Waals surface area contributed by atoms with Crippen molar-refractivity contribution in [2.24, 2.45) is 0 Å². The summed E-state index contributed by atoms with van der Waals surface area (Å²) in [5.74, 6) is 1.51. The molecule has 0 amide bonds. The van der Waals surface area contributed by atoms with Crippen LogP contribution in [-0.4, -0.2) is 42.8 Å². The molecule has 5 heterocycles. The van der Waals surface area contributed by atoms with Crippen molar-refractivity contribution in [2.45, 2.75) is 37.6 Å². The Bertz CT molecular complexity index is 1310. The molecule has 2 fully saturated rings. The molecule has 1 saturated carbocycles. The molecule has 0 bridgehead atoms. The van der Waals surface area contributed by atoms with Gasteiger partial charge in [-0.2, -0.15) is 10.4 Å². The van der Waals surface area contributed by atoms with Gasteiger partial charge in [-0.05, 0) is 49.3 Å². The summed E-state index contributed by atoms with van der Waals surface area (Å²) < 4.78 is 2.10. The predicted molar refractivity (Wildman–Crippen MR) is 120 cm³/mol. The monoisotopic (exact) mass is 422 g/mol. The summed E-state index contributed by atoms with van der Waals surface area (Å²) in [7, 11) is 0. The summed E-state index contributed by atoms with van der Waals surface area (Å²) in [5, 5.41) is 15.1. The van der Waals surface area contributed by atoms with Gasteiger partial charge in [0.15, 0.2) is 0 Å². The molecule has 0 atom stereocenters. The maximum absolute atomic E-state index is 9.36. The summed E-state index contributed by atoms with van der Waals surface area (Å²) >= 11 is 0. The van der Waals surface area contributed by atoms with E-state index in [4.69, 9.17) is 0 Å². The molecule has 158 valence electrons. The molecule has 8 heteroatoms. The SMILES string of the molecule is N#Cc1cnccc1-c1cc2cnn(C3CCN(c4ncc(C5CC5)cn4)CC3)c2cn1. The largest absolute Gasteiger partial charge is 0.341 e. The molecule has 4 aromatic rings. The molecule has 2 aliphatic rings.